The number of piperidine rings is 1. The van der Waals surface area contributed by atoms with Gasteiger partial charge in [-0.25, -0.2) is 18.9 Å². The Hall–Kier alpha value is -2.87. The topological polar surface area (TPSA) is 84.5 Å². The van der Waals surface area contributed by atoms with Crippen LogP contribution in [0.2, 0.25) is 5.02 Å². The van der Waals surface area contributed by atoms with Crippen molar-refractivity contribution in [2.24, 2.45) is 5.92 Å². The molecule has 0 spiro atoms. The molecule has 0 bridgehead atoms. The molecule has 1 amide bonds. The fourth-order valence-corrected chi connectivity index (χ4v) is 3.83. The molecule has 4 rings (SSSR count). The van der Waals surface area contributed by atoms with E-state index in [0.29, 0.717) is 28.1 Å². The van der Waals surface area contributed by atoms with E-state index in [1.807, 2.05) is 13.0 Å². The minimum Gasteiger partial charge on any atom is -0.353 e. The molecule has 1 fully saturated rings. The maximum Gasteiger partial charge on any atom is 0.350 e. The van der Waals surface area contributed by atoms with Crippen LogP contribution in [0.5, 0.6) is 0 Å². The molecule has 1 aliphatic rings. The first-order valence-electron chi connectivity index (χ1n) is 9.67. The first-order chi connectivity index (χ1) is 13.9. The zero-order valence-electron chi connectivity index (χ0n) is 16.4. The molecule has 3 aromatic rings. The SMILES string of the molecule is Cc1ccc(NC(=O)Cn2nc3c(N4CCC[C@H](C)C4)nccn3c2=O)cc1Cl. The van der Waals surface area contributed by atoms with Crippen LogP contribution in [0.1, 0.15) is 25.3 Å². The molecule has 0 unspecified atom stereocenters. The van der Waals surface area contributed by atoms with Crippen LogP contribution in [0.15, 0.2) is 35.4 Å². The highest BCUT2D eigenvalue weighted by Gasteiger charge is 2.22. The molecule has 29 heavy (non-hydrogen) atoms. The number of hydrogen-bond acceptors (Lipinski definition) is 5. The second-order valence-corrected chi connectivity index (χ2v) is 8.00. The van der Waals surface area contributed by atoms with Gasteiger partial charge in [0.15, 0.2) is 5.82 Å². The van der Waals surface area contributed by atoms with Gasteiger partial charge in [0, 0.05) is 36.2 Å². The van der Waals surface area contributed by atoms with Gasteiger partial charge in [0.25, 0.3) is 0 Å². The predicted molar refractivity (Wildman–Crippen MR) is 113 cm³/mol. The molecule has 0 aliphatic carbocycles. The van der Waals surface area contributed by atoms with Crippen molar-refractivity contribution in [1.29, 1.82) is 0 Å². The Kier molecular flexibility index (Phi) is 5.27. The van der Waals surface area contributed by atoms with E-state index in [-0.39, 0.29) is 18.1 Å². The number of nitrogens with zero attached hydrogens (tertiary/aromatic N) is 5. The largest absolute Gasteiger partial charge is 0.353 e. The van der Waals surface area contributed by atoms with Gasteiger partial charge >= 0.3 is 5.69 Å². The fourth-order valence-electron chi connectivity index (χ4n) is 3.65. The molecule has 1 aliphatic heterocycles. The minimum absolute atomic E-state index is 0.193. The van der Waals surface area contributed by atoms with Gasteiger partial charge in [-0.3, -0.25) is 4.79 Å². The van der Waals surface area contributed by atoms with Crippen molar-refractivity contribution in [3.8, 4) is 0 Å². The number of anilines is 2. The Bertz CT molecular complexity index is 1120. The number of benzene rings is 1. The van der Waals surface area contributed by atoms with E-state index in [9.17, 15) is 9.59 Å². The quantitative estimate of drug-likeness (QED) is 0.709. The van der Waals surface area contributed by atoms with Crippen LogP contribution >= 0.6 is 11.6 Å². The summed E-state index contributed by atoms with van der Waals surface area (Å²) in [4.78, 5) is 31.8. The van der Waals surface area contributed by atoms with Gasteiger partial charge < -0.3 is 10.2 Å². The highest BCUT2D eigenvalue weighted by Crippen LogP contribution is 2.23. The van der Waals surface area contributed by atoms with Gasteiger partial charge in [-0.05, 0) is 43.4 Å². The van der Waals surface area contributed by atoms with Crippen LogP contribution in [-0.4, -0.2) is 38.2 Å². The summed E-state index contributed by atoms with van der Waals surface area (Å²) in [5, 5.41) is 7.73. The van der Waals surface area contributed by atoms with E-state index in [0.717, 1.165) is 25.1 Å². The number of hydrogen-bond donors (Lipinski definition) is 1. The van der Waals surface area contributed by atoms with E-state index in [4.69, 9.17) is 11.6 Å². The maximum absolute atomic E-state index is 12.7. The van der Waals surface area contributed by atoms with Crippen LogP contribution in [0.3, 0.4) is 0 Å². The van der Waals surface area contributed by atoms with Crippen LogP contribution in [-0.2, 0) is 11.3 Å². The van der Waals surface area contributed by atoms with Gasteiger partial charge in [0.05, 0.1) is 0 Å². The highest BCUT2D eigenvalue weighted by atomic mass is 35.5. The number of halogens is 1. The van der Waals surface area contributed by atoms with Crippen molar-refractivity contribution in [2.45, 2.75) is 33.2 Å². The lowest BCUT2D eigenvalue weighted by Crippen LogP contribution is -2.35. The van der Waals surface area contributed by atoms with Crippen molar-refractivity contribution in [3.63, 3.8) is 0 Å². The van der Waals surface area contributed by atoms with E-state index in [2.05, 4.69) is 27.2 Å². The summed E-state index contributed by atoms with van der Waals surface area (Å²) in [5.74, 6) is 0.892. The lowest BCUT2D eigenvalue weighted by molar-refractivity contribution is -0.117. The molecule has 8 nitrogen and oxygen atoms in total. The van der Waals surface area contributed by atoms with Crippen molar-refractivity contribution in [2.75, 3.05) is 23.3 Å². The summed E-state index contributed by atoms with van der Waals surface area (Å²) in [6, 6.07) is 5.28. The summed E-state index contributed by atoms with van der Waals surface area (Å²) in [5.41, 5.74) is 1.60. The summed E-state index contributed by atoms with van der Waals surface area (Å²) in [6.07, 6.45) is 5.44. The van der Waals surface area contributed by atoms with Gasteiger partial charge in [0.1, 0.15) is 6.54 Å². The lowest BCUT2D eigenvalue weighted by atomic mass is 10.0. The minimum atomic E-state index is -0.370. The molecule has 1 aromatic carbocycles. The number of nitrogens with one attached hydrogen (secondary N) is 1. The highest BCUT2D eigenvalue weighted by molar-refractivity contribution is 6.31. The number of carbonyl (C=O) groups excluding carboxylic acids is 1. The third kappa shape index (κ3) is 3.98. The number of fused-ring (bicyclic) bond motifs is 1. The van der Waals surface area contributed by atoms with Crippen molar-refractivity contribution < 1.29 is 4.79 Å². The fraction of sp³-hybridized carbons (Fsp3) is 0.400. The third-order valence-corrected chi connectivity index (χ3v) is 5.60. The molecule has 3 heterocycles. The molecular formula is C20H23ClN6O2. The number of amides is 1. The molecule has 9 heteroatoms. The zero-order valence-corrected chi connectivity index (χ0v) is 17.2. The molecule has 1 N–H and O–H groups in total. The monoisotopic (exact) mass is 414 g/mol. The van der Waals surface area contributed by atoms with Crippen LogP contribution < -0.4 is 15.9 Å². The molecule has 2 aromatic heterocycles. The molecule has 0 saturated carbocycles. The molecule has 1 atom stereocenters. The normalized spacial score (nSPS) is 16.9. The second kappa shape index (κ2) is 7.87. The molecule has 0 radical (unpaired) electrons. The van der Waals surface area contributed by atoms with Gasteiger partial charge in [-0.1, -0.05) is 24.6 Å². The van der Waals surface area contributed by atoms with Crippen molar-refractivity contribution in [3.05, 3.63) is 51.7 Å². The van der Waals surface area contributed by atoms with Gasteiger partial charge in [-0.15, -0.1) is 5.10 Å². The molecule has 152 valence electrons. The average molecular weight is 415 g/mol. The Morgan fingerprint density at radius 3 is 2.97 bits per heavy atom. The van der Waals surface area contributed by atoms with Crippen molar-refractivity contribution in [1.82, 2.24) is 19.2 Å². The first-order valence-corrected chi connectivity index (χ1v) is 10.1. The van der Waals surface area contributed by atoms with E-state index in [1.54, 1.807) is 24.5 Å². The van der Waals surface area contributed by atoms with Crippen molar-refractivity contribution >= 4 is 34.7 Å². The number of carbonyl (C=O) groups is 1. The van der Waals surface area contributed by atoms with E-state index < -0.39 is 0 Å². The summed E-state index contributed by atoms with van der Waals surface area (Å²) in [6.45, 7) is 5.66. The summed E-state index contributed by atoms with van der Waals surface area (Å²) in [7, 11) is 0. The van der Waals surface area contributed by atoms with Crippen LogP contribution in [0.4, 0.5) is 11.5 Å². The summed E-state index contributed by atoms with van der Waals surface area (Å²) >= 11 is 6.10. The zero-order chi connectivity index (χ0) is 20.5. The predicted octanol–water partition coefficient (Wildman–Crippen LogP) is 2.73. The van der Waals surface area contributed by atoms with Crippen LogP contribution in [0, 0.1) is 12.8 Å². The Morgan fingerprint density at radius 1 is 1.38 bits per heavy atom. The Balaban J connectivity index is 1.58. The second-order valence-electron chi connectivity index (χ2n) is 7.59. The smallest absolute Gasteiger partial charge is 0.350 e. The average Bonchev–Trinajstić information content (AvgIpc) is 3.00. The molecule has 1 saturated heterocycles. The van der Waals surface area contributed by atoms with Gasteiger partial charge in [0.2, 0.25) is 11.6 Å². The maximum atomic E-state index is 12.7. The number of aryl methyl sites for hydroxylation is 1. The Morgan fingerprint density at radius 2 is 2.21 bits per heavy atom. The van der Waals surface area contributed by atoms with Crippen LogP contribution in [0.25, 0.3) is 5.65 Å². The third-order valence-electron chi connectivity index (χ3n) is 5.19. The van der Waals surface area contributed by atoms with Gasteiger partial charge in [-0.2, -0.15) is 0 Å². The number of aromatic nitrogens is 4. The Labute approximate surface area is 173 Å². The first kappa shape index (κ1) is 19.4. The number of rotatable bonds is 4. The standard InChI is InChI=1S/C20H23ClN6O2/c1-13-4-3-8-25(11-13)18-19-24-27(20(29)26(19)9-7-22-18)12-17(28)23-15-6-5-14(2)16(21)10-15/h5-7,9-10,13H,3-4,8,11-12H2,1-2H3,(H,23,28)/t13-/m0/s1. The van der Waals surface area contributed by atoms with E-state index in [1.165, 1.54) is 15.5 Å². The lowest BCUT2D eigenvalue weighted by Gasteiger charge is -2.31. The van der Waals surface area contributed by atoms with E-state index >= 15 is 0 Å². The molecular weight excluding hydrogens is 392 g/mol. The summed E-state index contributed by atoms with van der Waals surface area (Å²) < 4.78 is 2.61.